The number of hydrogen-bond acceptors (Lipinski definition) is 4. The molecule has 5 nitrogen and oxygen atoms in total. The van der Waals surface area contributed by atoms with E-state index in [9.17, 15) is 9.59 Å². The summed E-state index contributed by atoms with van der Waals surface area (Å²) >= 11 is 1.54. The fourth-order valence-corrected chi connectivity index (χ4v) is 3.01. The molecule has 2 rings (SSSR count). The lowest BCUT2D eigenvalue weighted by Crippen LogP contribution is -2.45. The third kappa shape index (κ3) is 3.45. The first-order valence-electron chi connectivity index (χ1n) is 6.61. The first kappa shape index (κ1) is 14.7. The maximum atomic E-state index is 12.1. The zero-order chi connectivity index (χ0) is 14.7. The van der Waals surface area contributed by atoms with Gasteiger partial charge in [-0.05, 0) is 32.8 Å². The largest absolute Gasteiger partial charge is 0.481 e. The van der Waals surface area contributed by atoms with Gasteiger partial charge in [0.05, 0.1) is 16.6 Å². The number of carboxylic acids is 1. The SMILES string of the molecule is Cc1nc(/C=C/C(=O)N2CCC(C(=O)O)CC2C)cs1. The van der Waals surface area contributed by atoms with Gasteiger partial charge in [-0.25, -0.2) is 4.98 Å². The second-order valence-corrected chi connectivity index (χ2v) is 6.13. The van der Waals surface area contributed by atoms with Crippen molar-refractivity contribution in [3.05, 3.63) is 22.2 Å². The van der Waals surface area contributed by atoms with Crippen LogP contribution in [-0.4, -0.2) is 39.5 Å². The molecule has 1 aromatic heterocycles. The van der Waals surface area contributed by atoms with Gasteiger partial charge in [0.15, 0.2) is 0 Å². The third-order valence-electron chi connectivity index (χ3n) is 3.54. The number of carbonyl (C=O) groups is 2. The molecule has 2 heterocycles. The van der Waals surface area contributed by atoms with E-state index in [2.05, 4.69) is 4.98 Å². The molecular weight excluding hydrogens is 276 g/mol. The summed E-state index contributed by atoms with van der Waals surface area (Å²) in [5.74, 6) is -1.18. The van der Waals surface area contributed by atoms with Crippen molar-refractivity contribution in [2.75, 3.05) is 6.54 Å². The highest BCUT2D eigenvalue weighted by molar-refractivity contribution is 7.09. The van der Waals surface area contributed by atoms with E-state index in [1.807, 2.05) is 19.2 Å². The Labute approximate surface area is 121 Å². The summed E-state index contributed by atoms with van der Waals surface area (Å²) in [6.07, 6.45) is 4.27. The van der Waals surface area contributed by atoms with E-state index in [0.29, 0.717) is 19.4 Å². The standard InChI is InChI=1S/C14H18N2O3S/c1-9-7-11(14(18)19)5-6-16(9)13(17)4-3-12-8-20-10(2)15-12/h3-4,8-9,11H,5-7H2,1-2H3,(H,18,19)/b4-3+. The minimum atomic E-state index is -0.766. The number of piperidine rings is 1. The van der Waals surface area contributed by atoms with E-state index in [0.717, 1.165) is 10.7 Å². The second-order valence-electron chi connectivity index (χ2n) is 5.06. The van der Waals surface area contributed by atoms with E-state index in [1.54, 1.807) is 22.3 Å². The van der Waals surface area contributed by atoms with Crippen LogP contribution in [0.3, 0.4) is 0 Å². The first-order chi connectivity index (χ1) is 9.47. The van der Waals surface area contributed by atoms with Crippen LogP contribution >= 0.6 is 11.3 Å². The van der Waals surface area contributed by atoms with Crippen molar-refractivity contribution in [3.8, 4) is 0 Å². The van der Waals surface area contributed by atoms with Crippen LogP contribution in [0.5, 0.6) is 0 Å². The summed E-state index contributed by atoms with van der Waals surface area (Å²) in [7, 11) is 0. The molecule has 0 radical (unpaired) electrons. The van der Waals surface area contributed by atoms with Crippen molar-refractivity contribution >= 4 is 29.3 Å². The highest BCUT2D eigenvalue weighted by Gasteiger charge is 2.31. The van der Waals surface area contributed by atoms with Crippen molar-refractivity contribution in [2.24, 2.45) is 5.92 Å². The molecule has 20 heavy (non-hydrogen) atoms. The monoisotopic (exact) mass is 294 g/mol. The molecule has 0 bridgehead atoms. The van der Waals surface area contributed by atoms with E-state index >= 15 is 0 Å². The molecule has 1 N–H and O–H groups in total. The Hall–Kier alpha value is -1.69. The van der Waals surface area contributed by atoms with Gasteiger partial charge in [0.2, 0.25) is 5.91 Å². The number of aryl methyl sites for hydroxylation is 1. The van der Waals surface area contributed by atoms with Crippen LogP contribution in [0.4, 0.5) is 0 Å². The number of hydrogen-bond donors (Lipinski definition) is 1. The second kappa shape index (κ2) is 6.17. The number of aliphatic carboxylic acids is 1. The van der Waals surface area contributed by atoms with Gasteiger partial charge in [-0.15, -0.1) is 11.3 Å². The number of amides is 1. The number of likely N-dealkylation sites (tertiary alicyclic amines) is 1. The van der Waals surface area contributed by atoms with Crippen LogP contribution in [0.1, 0.15) is 30.5 Å². The lowest BCUT2D eigenvalue weighted by molar-refractivity contribution is -0.146. The minimum absolute atomic E-state index is 0.0424. The number of rotatable bonds is 3. The van der Waals surface area contributed by atoms with E-state index in [1.165, 1.54) is 6.08 Å². The number of aromatic nitrogens is 1. The maximum Gasteiger partial charge on any atom is 0.306 e. The molecule has 2 atom stereocenters. The summed E-state index contributed by atoms with van der Waals surface area (Å²) in [6.45, 7) is 4.31. The van der Waals surface area contributed by atoms with Gasteiger partial charge in [-0.3, -0.25) is 9.59 Å². The van der Waals surface area contributed by atoms with Gasteiger partial charge in [0, 0.05) is 24.0 Å². The molecular formula is C14H18N2O3S. The van der Waals surface area contributed by atoms with Gasteiger partial charge in [-0.2, -0.15) is 0 Å². The number of carbonyl (C=O) groups excluding carboxylic acids is 1. The number of nitrogens with zero attached hydrogens (tertiary/aromatic N) is 2. The topological polar surface area (TPSA) is 70.5 Å². The molecule has 6 heteroatoms. The summed E-state index contributed by atoms with van der Waals surface area (Å²) in [5, 5.41) is 11.9. The van der Waals surface area contributed by atoms with Crippen molar-refractivity contribution < 1.29 is 14.7 Å². The average Bonchev–Trinajstić information content (AvgIpc) is 2.81. The lowest BCUT2D eigenvalue weighted by Gasteiger charge is -2.35. The van der Waals surface area contributed by atoms with Crippen molar-refractivity contribution in [1.82, 2.24) is 9.88 Å². The van der Waals surface area contributed by atoms with E-state index < -0.39 is 5.97 Å². The van der Waals surface area contributed by atoms with Crippen LogP contribution in [0.2, 0.25) is 0 Å². The molecule has 108 valence electrons. The van der Waals surface area contributed by atoms with Crippen molar-refractivity contribution in [2.45, 2.75) is 32.7 Å². The van der Waals surface area contributed by atoms with Gasteiger partial charge in [0.1, 0.15) is 0 Å². The summed E-state index contributed by atoms with van der Waals surface area (Å²) in [4.78, 5) is 29.1. The highest BCUT2D eigenvalue weighted by atomic mass is 32.1. The zero-order valence-electron chi connectivity index (χ0n) is 11.6. The molecule has 1 amide bonds. The normalized spacial score (nSPS) is 23.2. The molecule has 0 aromatic carbocycles. The molecule has 1 aliphatic heterocycles. The van der Waals surface area contributed by atoms with Crippen LogP contribution in [0, 0.1) is 12.8 Å². The predicted octanol–water partition coefficient (Wildman–Crippen LogP) is 2.18. The minimum Gasteiger partial charge on any atom is -0.481 e. The molecule has 1 saturated heterocycles. The van der Waals surface area contributed by atoms with Crippen molar-refractivity contribution in [1.29, 1.82) is 0 Å². The first-order valence-corrected chi connectivity index (χ1v) is 7.49. The van der Waals surface area contributed by atoms with Crippen LogP contribution in [0.25, 0.3) is 6.08 Å². The highest BCUT2D eigenvalue weighted by Crippen LogP contribution is 2.23. The van der Waals surface area contributed by atoms with E-state index in [4.69, 9.17) is 5.11 Å². The molecule has 1 aromatic rings. The van der Waals surface area contributed by atoms with Gasteiger partial charge in [-0.1, -0.05) is 0 Å². The summed E-state index contributed by atoms with van der Waals surface area (Å²) in [5.41, 5.74) is 0.786. The van der Waals surface area contributed by atoms with Crippen molar-refractivity contribution in [3.63, 3.8) is 0 Å². The Bertz CT molecular complexity index is 538. The number of carboxylic acid groups (broad SMARTS) is 1. The molecule has 0 saturated carbocycles. The average molecular weight is 294 g/mol. The fraction of sp³-hybridized carbons (Fsp3) is 0.500. The Kier molecular flexibility index (Phi) is 4.54. The molecule has 0 spiro atoms. The molecule has 2 unspecified atom stereocenters. The van der Waals surface area contributed by atoms with Gasteiger partial charge >= 0.3 is 5.97 Å². The molecule has 1 fully saturated rings. The van der Waals surface area contributed by atoms with Crippen LogP contribution in [-0.2, 0) is 9.59 Å². The summed E-state index contributed by atoms with van der Waals surface area (Å²) in [6, 6.07) is -0.0424. The quantitative estimate of drug-likeness (QED) is 0.867. The maximum absolute atomic E-state index is 12.1. The van der Waals surface area contributed by atoms with Crippen LogP contribution < -0.4 is 0 Å². The third-order valence-corrected chi connectivity index (χ3v) is 4.33. The Morgan fingerprint density at radius 3 is 2.85 bits per heavy atom. The summed E-state index contributed by atoms with van der Waals surface area (Å²) < 4.78 is 0. The Balaban J connectivity index is 1.96. The van der Waals surface area contributed by atoms with E-state index in [-0.39, 0.29) is 17.9 Å². The predicted molar refractivity (Wildman–Crippen MR) is 77.4 cm³/mol. The number of thiazole rings is 1. The smallest absolute Gasteiger partial charge is 0.306 e. The van der Waals surface area contributed by atoms with Crippen LogP contribution in [0.15, 0.2) is 11.5 Å². The van der Waals surface area contributed by atoms with Gasteiger partial charge in [0.25, 0.3) is 0 Å². The zero-order valence-corrected chi connectivity index (χ0v) is 12.4. The Morgan fingerprint density at radius 1 is 1.55 bits per heavy atom. The lowest BCUT2D eigenvalue weighted by atomic mass is 9.91. The fourth-order valence-electron chi connectivity index (χ4n) is 2.43. The Morgan fingerprint density at radius 2 is 2.30 bits per heavy atom. The van der Waals surface area contributed by atoms with Gasteiger partial charge < -0.3 is 10.0 Å². The molecule has 0 aliphatic carbocycles. The molecule has 1 aliphatic rings.